The monoisotopic (exact) mass is 290 g/mol. The van der Waals surface area contributed by atoms with Gasteiger partial charge in [0, 0.05) is 50.3 Å². The number of hydrogen-bond acceptors (Lipinski definition) is 3. The van der Waals surface area contributed by atoms with Crippen LogP contribution in [0.2, 0.25) is 0 Å². The molecule has 2 amide bonds. The summed E-state index contributed by atoms with van der Waals surface area (Å²) < 4.78 is 0. The summed E-state index contributed by atoms with van der Waals surface area (Å²) in [6.07, 6.45) is 4.32. The van der Waals surface area contributed by atoms with Crippen LogP contribution < -0.4 is 0 Å². The van der Waals surface area contributed by atoms with Crippen molar-refractivity contribution in [3.8, 4) is 0 Å². The van der Waals surface area contributed by atoms with E-state index in [4.69, 9.17) is 0 Å². The number of rotatable bonds is 3. The number of hydrogen-bond donors (Lipinski definition) is 1. The van der Waals surface area contributed by atoms with E-state index in [0.717, 1.165) is 50.0 Å². The van der Waals surface area contributed by atoms with Crippen molar-refractivity contribution < 1.29 is 9.59 Å². The zero-order valence-corrected chi connectivity index (χ0v) is 12.5. The normalized spacial score (nSPS) is 18.0. The fraction of sp³-hybridized carbons (Fsp3) is 0.667. The van der Waals surface area contributed by atoms with Crippen molar-refractivity contribution in [2.45, 2.75) is 45.6 Å². The summed E-state index contributed by atoms with van der Waals surface area (Å²) in [6.45, 7) is 4.87. The number of aromatic nitrogens is 2. The van der Waals surface area contributed by atoms with E-state index in [0.29, 0.717) is 25.2 Å². The lowest BCUT2D eigenvalue weighted by molar-refractivity contribution is -0.132. The van der Waals surface area contributed by atoms with Crippen LogP contribution in [0.5, 0.6) is 0 Å². The van der Waals surface area contributed by atoms with E-state index in [1.807, 2.05) is 16.7 Å². The first kappa shape index (κ1) is 14.1. The van der Waals surface area contributed by atoms with E-state index in [2.05, 4.69) is 10.2 Å². The van der Waals surface area contributed by atoms with E-state index in [9.17, 15) is 9.59 Å². The Morgan fingerprint density at radius 3 is 2.67 bits per heavy atom. The Bertz CT molecular complexity index is 546. The summed E-state index contributed by atoms with van der Waals surface area (Å²) in [4.78, 5) is 28.3. The maximum atomic E-state index is 12.5. The Morgan fingerprint density at radius 2 is 1.95 bits per heavy atom. The molecule has 0 saturated carbocycles. The number of carbonyl (C=O) groups excluding carboxylic acids is 2. The highest BCUT2D eigenvalue weighted by molar-refractivity contribution is 5.94. The Morgan fingerprint density at radius 1 is 1.19 bits per heavy atom. The molecule has 1 aromatic rings. The molecule has 0 bridgehead atoms. The first-order valence-electron chi connectivity index (χ1n) is 7.84. The lowest BCUT2D eigenvalue weighted by atomic mass is 10.0. The molecule has 2 aliphatic rings. The van der Waals surface area contributed by atoms with Gasteiger partial charge in [-0.15, -0.1) is 0 Å². The van der Waals surface area contributed by atoms with Gasteiger partial charge in [0.1, 0.15) is 0 Å². The van der Waals surface area contributed by atoms with Gasteiger partial charge in [-0.05, 0) is 19.3 Å². The quantitative estimate of drug-likeness (QED) is 0.913. The summed E-state index contributed by atoms with van der Waals surface area (Å²) in [7, 11) is 0. The smallest absolute Gasteiger partial charge is 0.274 e. The molecule has 0 atom stereocenters. The van der Waals surface area contributed by atoms with Crippen LogP contribution >= 0.6 is 0 Å². The molecular weight excluding hydrogens is 268 g/mol. The summed E-state index contributed by atoms with van der Waals surface area (Å²) in [5.74, 6) is 0.179. The zero-order valence-electron chi connectivity index (χ0n) is 12.5. The Kier molecular flexibility index (Phi) is 3.94. The van der Waals surface area contributed by atoms with Crippen LogP contribution in [0.1, 0.15) is 54.4 Å². The highest BCUT2D eigenvalue weighted by atomic mass is 16.2. The third-order valence-electron chi connectivity index (χ3n) is 4.35. The number of nitrogens with one attached hydrogen (secondary N) is 1. The van der Waals surface area contributed by atoms with Gasteiger partial charge in [-0.25, -0.2) is 0 Å². The molecule has 3 rings (SSSR count). The maximum absolute atomic E-state index is 12.5. The van der Waals surface area contributed by atoms with Gasteiger partial charge in [-0.3, -0.25) is 14.7 Å². The van der Waals surface area contributed by atoms with Crippen LogP contribution in [0.15, 0.2) is 0 Å². The minimum Gasteiger partial charge on any atom is -0.338 e. The minimum atomic E-state index is 0.00907. The van der Waals surface area contributed by atoms with Crippen LogP contribution in [-0.2, 0) is 17.8 Å². The molecular formula is C15H22N4O2. The van der Waals surface area contributed by atoms with Crippen molar-refractivity contribution in [3.05, 3.63) is 17.0 Å². The average molecular weight is 290 g/mol. The molecule has 2 aliphatic heterocycles. The second-order valence-corrected chi connectivity index (χ2v) is 5.84. The van der Waals surface area contributed by atoms with Gasteiger partial charge in [-0.2, -0.15) is 5.10 Å². The van der Waals surface area contributed by atoms with Crippen molar-refractivity contribution in [1.29, 1.82) is 0 Å². The molecule has 1 saturated heterocycles. The van der Waals surface area contributed by atoms with Crippen LogP contribution in [0.4, 0.5) is 0 Å². The van der Waals surface area contributed by atoms with Crippen molar-refractivity contribution in [3.63, 3.8) is 0 Å². The van der Waals surface area contributed by atoms with Crippen LogP contribution in [0.3, 0.4) is 0 Å². The molecule has 6 nitrogen and oxygen atoms in total. The van der Waals surface area contributed by atoms with Crippen molar-refractivity contribution >= 4 is 11.8 Å². The van der Waals surface area contributed by atoms with Gasteiger partial charge in [-0.1, -0.05) is 6.92 Å². The van der Waals surface area contributed by atoms with E-state index >= 15 is 0 Å². The van der Waals surface area contributed by atoms with Gasteiger partial charge in [0.25, 0.3) is 5.91 Å². The lowest BCUT2D eigenvalue weighted by Crippen LogP contribution is -2.37. The molecule has 6 heteroatoms. The van der Waals surface area contributed by atoms with E-state index in [1.165, 1.54) is 0 Å². The fourth-order valence-electron chi connectivity index (χ4n) is 3.13. The van der Waals surface area contributed by atoms with Crippen LogP contribution in [-0.4, -0.2) is 51.4 Å². The Labute approximate surface area is 124 Å². The number of H-pyrrole nitrogens is 1. The van der Waals surface area contributed by atoms with Gasteiger partial charge in [0.05, 0.1) is 0 Å². The molecule has 0 radical (unpaired) electrons. The topological polar surface area (TPSA) is 69.3 Å². The highest BCUT2D eigenvalue weighted by Crippen LogP contribution is 2.23. The first-order valence-corrected chi connectivity index (χ1v) is 7.84. The number of nitrogens with zero attached hydrogens (tertiary/aromatic N) is 3. The fourth-order valence-corrected chi connectivity index (χ4v) is 3.13. The minimum absolute atomic E-state index is 0.00907. The Balaban J connectivity index is 1.78. The SMILES string of the molecule is CCCC(=O)N1CCc2[nH]nc(C(=O)N3CCCC3)c2C1. The van der Waals surface area contributed by atoms with E-state index < -0.39 is 0 Å². The second kappa shape index (κ2) is 5.87. The number of aromatic amines is 1. The van der Waals surface area contributed by atoms with Gasteiger partial charge < -0.3 is 9.80 Å². The van der Waals surface area contributed by atoms with E-state index in [-0.39, 0.29) is 11.8 Å². The molecule has 1 N–H and O–H groups in total. The first-order chi connectivity index (χ1) is 10.2. The Hall–Kier alpha value is -1.85. The molecule has 1 aromatic heterocycles. The van der Waals surface area contributed by atoms with Crippen molar-refractivity contribution in [1.82, 2.24) is 20.0 Å². The third-order valence-corrected chi connectivity index (χ3v) is 4.35. The van der Waals surface area contributed by atoms with Gasteiger partial charge in [0.2, 0.25) is 5.91 Å². The molecule has 0 spiro atoms. The van der Waals surface area contributed by atoms with Crippen LogP contribution in [0.25, 0.3) is 0 Å². The maximum Gasteiger partial charge on any atom is 0.274 e. The molecule has 0 unspecified atom stereocenters. The largest absolute Gasteiger partial charge is 0.338 e. The average Bonchev–Trinajstić information content (AvgIpc) is 3.15. The summed E-state index contributed by atoms with van der Waals surface area (Å²) in [5.41, 5.74) is 2.45. The molecule has 114 valence electrons. The molecule has 1 fully saturated rings. The van der Waals surface area contributed by atoms with Gasteiger partial charge >= 0.3 is 0 Å². The molecule has 3 heterocycles. The van der Waals surface area contributed by atoms with Crippen molar-refractivity contribution in [2.75, 3.05) is 19.6 Å². The molecule has 21 heavy (non-hydrogen) atoms. The number of fused-ring (bicyclic) bond motifs is 1. The third kappa shape index (κ3) is 2.66. The summed E-state index contributed by atoms with van der Waals surface area (Å²) in [5, 5.41) is 7.21. The second-order valence-electron chi connectivity index (χ2n) is 5.84. The number of amides is 2. The molecule has 0 aromatic carbocycles. The van der Waals surface area contributed by atoms with E-state index in [1.54, 1.807) is 0 Å². The van der Waals surface area contributed by atoms with Crippen LogP contribution in [0, 0.1) is 0 Å². The van der Waals surface area contributed by atoms with Gasteiger partial charge in [0.15, 0.2) is 5.69 Å². The molecule has 0 aliphatic carbocycles. The standard InChI is InChI=1S/C15H22N4O2/c1-2-5-13(20)19-9-6-12-11(10-19)14(17-16-12)15(21)18-7-3-4-8-18/h2-10H2,1H3,(H,16,17). The number of likely N-dealkylation sites (tertiary alicyclic amines) is 1. The summed E-state index contributed by atoms with van der Waals surface area (Å²) >= 11 is 0. The van der Waals surface area contributed by atoms with Crippen molar-refractivity contribution in [2.24, 2.45) is 0 Å². The predicted octanol–water partition coefficient (Wildman–Crippen LogP) is 1.33. The lowest BCUT2D eigenvalue weighted by Gasteiger charge is -2.27. The highest BCUT2D eigenvalue weighted by Gasteiger charge is 2.30. The summed E-state index contributed by atoms with van der Waals surface area (Å²) in [6, 6.07) is 0. The number of carbonyl (C=O) groups is 2. The zero-order chi connectivity index (χ0) is 14.8. The predicted molar refractivity (Wildman–Crippen MR) is 77.8 cm³/mol.